The molecule has 152 valence electrons. The molecular weight excluding hydrogens is 436 g/mol. The fourth-order valence-corrected chi connectivity index (χ4v) is 4.26. The van der Waals surface area contributed by atoms with Gasteiger partial charge in [-0.3, -0.25) is 4.79 Å². The molecule has 0 saturated heterocycles. The normalized spacial score (nSPS) is 12.2. The predicted molar refractivity (Wildman–Crippen MR) is 98.9 cm³/mol. The Morgan fingerprint density at radius 3 is 1.83 bits per heavy atom. The minimum absolute atomic E-state index is 0.282. The molecule has 0 N–H and O–H groups in total. The van der Waals surface area contributed by atoms with E-state index >= 15 is 0 Å². The lowest BCUT2D eigenvalue weighted by molar-refractivity contribution is -0.138. The van der Waals surface area contributed by atoms with Crippen molar-refractivity contribution < 1.29 is 31.1 Å². The van der Waals surface area contributed by atoms with Crippen LogP contribution in [-0.4, -0.2) is 10.1 Å². The fourth-order valence-electron chi connectivity index (χ4n) is 2.38. The average molecular weight is 447 g/mol. The number of carbonyl (C=O) groups is 1. The van der Waals surface area contributed by atoms with Crippen LogP contribution in [0.4, 0.5) is 26.3 Å². The van der Waals surface area contributed by atoms with Crippen LogP contribution < -0.4 is 0 Å². The lowest BCUT2D eigenvalue weighted by Gasteiger charge is -2.06. The minimum atomic E-state index is -4.46. The van der Waals surface area contributed by atoms with Crippen molar-refractivity contribution in [2.45, 2.75) is 24.2 Å². The van der Waals surface area contributed by atoms with E-state index in [4.69, 9.17) is 0 Å². The Kier molecular flexibility index (Phi) is 5.77. The first-order valence-electron chi connectivity index (χ1n) is 7.99. The fraction of sp³-hybridized carbons (Fsp3) is 0.158. The van der Waals surface area contributed by atoms with Gasteiger partial charge in [-0.2, -0.15) is 26.3 Å². The lowest BCUT2D eigenvalue weighted by atomic mass is 10.1. The van der Waals surface area contributed by atoms with Gasteiger partial charge in [0.15, 0.2) is 0 Å². The molecule has 0 aliphatic rings. The second-order valence-electron chi connectivity index (χ2n) is 5.92. The number of hydrogen-bond acceptors (Lipinski definition) is 4. The summed E-state index contributed by atoms with van der Waals surface area (Å²) in [6, 6.07) is 8.62. The van der Waals surface area contributed by atoms with Gasteiger partial charge in [0.2, 0.25) is 5.12 Å². The highest BCUT2D eigenvalue weighted by molar-refractivity contribution is 8.14. The number of nitrogens with zero attached hydrogens (tertiary/aromatic N) is 1. The van der Waals surface area contributed by atoms with Crippen molar-refractivity contribution in [3.8, 4) is 10.6 Å². The zero-order valence-corrected chi connectivity index (χ0v) is 16.2. The van der Waals surface area contributed by atoms with Crippen LogP contribution in [0.3, 0.4) is 0 Å². The summed E-state index contributed by atoms with van der Waals surface area (Å²) in [5, 5.41) is -0.0227. The maximum atomic E-state index is 12.7. The van der Waals surface area contributed by atoms with Crippen molar-refractivity contribution in [3.05, 3.63) is 70.2 Å². The van der Waals surface area contributed by atoms with Crippen LogP contribution in [0.5, 0.6) is 0 Å². The van der Waals surface area contributed by atoms with Crippen LogP contribution in [-0.2, 0) is 12.4 Å². The third kappa shape index (κ3) is 4.99. The van der Waals surface area contributed by atoms with Crippen LogP contribution in [0.15, 0.2) is 53.4 Å². The zero-order valence-electron chi connectivity index (χ0n) is 14.6. The Morgan fingerprint density at radius 1 is 0.862 bits per heavy atom. The molecule has 0 amide bonds. The highest BCUT2D eigenvalue weighted by atomic mass is 32.2. The SMILES string of the molecule is Cc1nc(-c2ccc(C(F)(F)F)cc2)sc1C(=O)Sc1ccc(C(F)(F)F)cc1. The van der Waals surface area contributed by atoms with E-state index in [2.05, 4.69) is 4.98 Å². The Labute approximate surface area is 169 Å². The van der Waals surface area contributed by atoms with Gasteiger partial charge in [0.25, 0.3) is 0 Å². The average Bonchev–Trinajstić information content (AvgIpc) is 3.03. The van der Waals surface area contributed by atoms with Gasteiger partial charge in [0.05, 0.1) is 16.8 Å². The molecule has 0 saturated carbocycles. The molecule has 3 rings (SSSR count). The van der Waals surface area contributed by atoms with Gasteiger partial charge in [0, 0.05) is 10.5 Å². The summed E-state index contributed by atoms with van der Waals surface area (Å²) < 4.78 is 75.8. The number of hydrogen-bond donors (Lipinski definition) is 0. The molecule has 2 aromatic carbocycles. The number of halogens is 6. The van der Waals surface area contributed by atoms with E-state index in [1.165, 1.54) is 24.3 Å². The van der Waals surface area contributed by atoms with E-state index in [-0.39, 0.29) is 4.88 Å². The quantitative estimate of drug-likeness (QED) is 0.317. The number of rotatable bonds is 3. The van der Waals surface area contributed by atoms with Crippen LogP contribution >= 0.6 is 23.1 Å². The summed E-state index contributed by atoms with van der Waals surface area (Å²) in [5.41, 5.74) is -0.768. The van der Waals surface area contributed by atoms with Crippen LogP contribution in [0.1, 0.15) is 26.5 Å². The number of aryl methyl sites for hydroxylation is 1. The number of aromatic nitrogens is 1. The van der Waals surface area contributed by atoms with Gasteiger partial charge in [-0.25, -0.2) is 4.98 Å². The maximum absolute atomic E-state index is 12.7. The molecule has 0 aliphatic heterocycles. The van der Waals surface area contributed by atoms with E-state index in [1.807, 2.05) is 0 Å². The van der Waals surface area contributed by atoms with Crippen molar-refractivity contribution in [1.82, 2.24) is 4.98 Å². The molecule has 0 radical (unpaired) electrons. The Bertz CT molecular complexity index is 1020. The molecule has 0 aliphatic carbocycles. The van der Waals surface area contributed by atoms with Gasteiger partial charge in [-0.05, 0) is 55.1 Å². The number of alkyl halides is 6. The summed E-state index contributed by atoms with van der Waals surface area (Å²) in [6.07, 6.45) is -8.91. The first-order chi connectivity index (χ1) is 13.4. The highest BCUT2D eigenvalue weighted by Gasteiger charge is 2.31. The molecule has 0 atom stereocenters. The second-order valence-corrected chi connectivity index (χ2v) is 7.97. The van der Waals surface area contributed by atoms with Crippen molar-refractivity contribution >= 4 is 28.2 Å². The largest absolute Gasteiger partial charge is 0.416 e. The van der Waals surface area contributed by atoms with Gasteiger partial charge in [-0.15, -0.1) is 11.3 Å². The molecule has 1 heterocycles. The summed E-state index contributed by atoms with van der Waals surface area (Å²) in [4.78, 5) is 17.4. The molecule has 0 bridgehead atoms. The van der Waals surface area contributed by atoms with E-state index in [9.17, 15) is 31.1 Å². The number of thiazole rings is 1. The first kappa shape index (κ1) is 21.4. The molecule has 29 heavy (non-hydrogen) atoms. The van der Waals surface area contributed by atoms with Crippen LogP contribution in [0, 0.1) is 6.92 Å². The first-order valence-corrected chi connectivity index (χ1v) is 9.63. The molecule has 10 heteroatoms. The number of benzene rings is 2. The van der Waals surface area contributed by atoms with E-state index in [1.54, 1.807) is 6.92 Å². The van der Waals surface area contributed by atoms with Crippen molar-refractivity contribution in [3.63, 3.8) is 0 Å². The summed E-state index contributed by atoms with van der Waals surface area (Å²) in [5.74, 6) is 0. The number of thioether (sulfide) groups is 1. The van der Waals surface area contributed by atoms with E-state index in [0.717, 1.165) is 47.4 Å². The van der Waals surface area contributed by atoms with E-state index in [0.29, 0.717) is 21.2 Å². The number of carbonyl (C=O) groups excluding carboxylic acids is 1. The second kappa shape index (κ2) is 7.83. The van der Waals surface area contributed by atoms with E-state index < -0.39 is 28.6 Å². The van der Waals surface area contributed by atoms with Crippen molar-refractivity contribution in [1.29, 1.82) is 0 Å². The monoisotopic (exact) mass is 447 g/mol. The predicted octanol–water partition coefficient (Wildman–Crippen LogP) is 7.09. The Balaban J connectivity index is 1.78. The molecule has 1 aromatic heterocycles. The Hall–Kier alpha value is -2.33. The zero-order chi connectivity index (χ0) is 21.4. The molecule has 0 spiro atoms. The summed E-state index contributed by atoms with van der Waals surface area (Å²) in [7, 11) is 0. The minimum Gasteiger partial charge on any atom is -0.280 e. The van der Waals surface area contributed by atoms with Gasteiger partial charge in [0.1, 0.15) is 9.88 Å². The molecule has 0 unspecified atom stereocenters. The Morgan fingerprint density at radius 2 is 1.34 bits per heavy atom. The maximum Gasteiger partial charge on any atom is 0.416 e. The van der Waals surface area contributed by atoms with Crippen LogP contribution in [0.25, 0.3) is 10.6 Å². The van der Waals surface area contributed by atoms with Gasteiger partial charge >= 0.3 is 12.4 Å². The van der Waals surface area contributed by atoms with Gasteiger partial charge < -0.3 is 0 Å². The summed E-state index contributed by atoms with van der Waals surface area (Å²) >= 11 is 1.78. The molecule has 0 fully saturated rings. The molecular formula is C19H11F6NOS2. The smallest absolute Gasteiger partial charge is 0.280 e. The standard InChI is InChI=1S/C19H11F6NOS2/c1-10-15(17(27)28-14-8-6-13(7-9-14)19(23,24)25)29-16(26-10)11-2-4-12(5-3-11)18(20,21)22/h2-9H,1H3. The third-order valence-corrected chi connectivity index (χ3v) is 6.07. The topological polar surface area (TPSA) is 30.0 Å². The summed E-state index contributed by atoms with van der Waals surface area (Å²) in [6.45, 7) is 1.59. The third-order valence-electron chi connectivity index (χ3n) is 3.83. The van der Waals surface area contributed by atoms with Gasteiger partial charge in [-0.1, -0.05) is 12.1 Å². The molecule has 2 nitrogen and oxygen atoms in total. The highest BCUT2D eigenvalue weighted by Crippen LogP contribution is 2.36. The molecule has 3 aromatic rings. The van der Waals surface area contributed by atoms with Crippen molar-refractivity contribution in [2.24, 2.45) is 0 Å². The van der Waals surface area contributed by atoms with Crippen molar-refractivity contribution in [2.75, 3.05) is 0 Å². The lowest BCUT2D eigenvalue weighted by Crippen LogP contribution is -2.04. The van der Waals surface area contributed by atoms with Crippen LogP contribution in [0.2, 0.25) is 0 Å².